The number of halogens is 3. The lowest BCUT2D eigenvalue weighted by Crippen LogP contribution is -2.36. The first-order chi connectivity index (χ1) is 15.3. The van der Waals surface area contributed by atoms with Gasteiger partial charge in [0.1, 0.15) is 16.5 Å². The maximum atomic E-state index is 13.5. The zero-order chi connectivity index (χ0) is 22.8. The summed E-state index contributed by atoms with van der Waals surface area (Å²) in [6.45, 7) is 0. The fraction of sp³-hybridized carbons (Fsp3) is 0.261. The highest BCUT2D eigenvalue weighted by atomic mass is 35.5. The normalized spacial score (nSPS) is 17.2. The summed E-state index contributed by atoms with van der Waals surface area (Å²) in [6, 6.07) is 10.3. The molecular weight excluding hydrogens is 456 g/mol. The monoisotopic (exact) mass is 475 g/mol. The molecule has 1 saturated carbocycles. The summed E-state index contributed by atoms with van der Waals surface area (Å²) in [5.74, 6) is -2.33. The number of carbonyl (C=O) groups is 3. The topological polar surface area (TPSA) is 78.5 Å². The van der Waals surface area contributed by atoms with Crippen LogP contribution in [0.3, 0.4) is 0 Å². The Morgan fingerprint density at radius 2 is 1.75 bits per heavy atom. The first-order valence-corrected chi connectivity index (χ1v) is 11.0. The van der Waals surface area contributed by atoms with E-state index in [4.69, 9.17) is 23.2 Å². The number of hydrogen-bond acceptors (Lipinski definition) is 4. The van der Waals surface area contributed by atoms with Gasteiger partial charge >= 0.3 is 0 Å². The average molecular weight is 476 g/mol. The minimum Gasteiger partial charge on any atom is -0.350 e. The highest BCUT2D eigenvalue weighted by molar-refractivity contribution is 6.53. The molecule has 2 N–H and O–H groups in total. The second-order valence-electron chi connectivity index (χ2n) is 7.75. The lowest BCUT2D eigenvalue weighted by atomic mass is 9.95. The smallest absolute Gasteiger partial charge is 0.283 e. The third-order valence-corrected chi connectivity index (χ3v) is 6.16. The minimum absolute atomic E-state index is 0.0990. The molecule has 32 heavy (non-hydrogen) atoms. The van der Waals surface area contributed by atoms with Crippen molar-refractivity contribution in [3.63, 3.8) is 0 Å². The number of imide groups is 1. The Hall–Kier alpha value is -2.90. The third kappa shape index (κ3) is 4.49. The second-order valence-corrected chi connectivity index (χ2v) is 8.53. The van der Waals surface area contributed by atoms with Gasteiger partial charge in [-0.2, -0.15) is 0 Å². The van der Waals surface area contributed by atoms with Gasteiger partial charge < -0.3 is 10.6 Å². The fourth-order valence-corrected chi connectivity index (χ4v) is 4.26. The number of nitrogens with one attached hydrogen (secondary N) is 2. The Labute approximate surface area is 194 Å². The van der Waals surface area contributed by atoms with Gasteiger partial charge in [0, 0.05) is 17.3 Å². The number of rotatable bonds is 5. The van der Waals surface area contributed by atoms with Gasteiger partial charge in [-0.15, -0.1) is 0 Å². The summed E-state index contributed by atoms with van der Waals surface area (Å²) in [5.41, 5.74) is 0.815. The highest BCUT2D eigenvalue weighted by Gasteiger charge is 2.39. The molecule has 166 valence electrons. The molecular formula is C23H20Cl2FN3O3. The van der Waals surface area contributed by atoms with E-state index >= 15 is 0 Å². The van der Waals surface area contributed by atoms with Crippen LogP contribution in [-0.4, -0.2) is 23.8 Å². The van der Waals surface area contributed by atoms with Gasteiger partial charge in [0.05, 0.1) is 10.7 Å². The maximum Gasteiger partial charge on any atom is 0.283 e. The molecule has 0 spiro atoms. The van der Waals surface area contributed by atoms with Gasteiger partial charge in [0.15, 0.2) is 0 Å². The number of nitrogens with zero attached hydrogens (tertiary/aromatic N) is 1. The number of anilines is 2. The van der Waals surface area contributed by atoms with Crippen molar-refractivity contribution in [2.75, 3.05) is 10.2 Å². The Balaban J connectivity index is 1.51. The van der Waals surface area contributed by atoms with Crippen molar-refractivity contribution in [2.24, 2.45) is 0 Å². The Kier molecular flexibility index (Phi) is 6.48. The molecule has 1 aliphatic carbocycles. The zero-order valence-corrected chi connectivity index (χ0v) is 18.5. The van der Waals surface area contributed by atoms with Gasteiger partial charge in [-0.1, -0.05) is 48.5 Å². The molecule has 6 nitrogen and oxygen atoms in total. The van der Waals surface area contributed by atoms with E-state index in [0.717, 1.165) is 36.6 Å². The SMILES string of the molecule is O=C(NC1CCCCC1)c1cccc(NC2=C(Cl)C(=O)N(c3ccc(F)c(Cl)c3)C2=O)c1. The quantitative estimate of drug-likeness (QED) is 0.597. The van der Waals surface area contributed by atoms with Crippen molar-refractivity contribution in [3.8, 4) is 0 Å². The van der Waals surface area contributed by atoms with Crippen LogP contribution in [0.2, 0.25) is 5.02 Å². The van der Waals surface area contributed by atoms with E-state index < -0.39 is 17.6 Å². The van der Waals surface area contributed by atoms with Crippen molar-refractivity contribution >= 4 is 52.3 Å². The molecule has 2 aromatic carbocycles. The van der Waals surface area contributed by atoms with Crippen LogP contribution in [-0.2, 0) is 9.59 Å². The minimum atomic E-state index is -0.756. The van der Waals surface area contributed by atoms with Crippen LogP contribution in [0.15, 0.2) is 53.2 Å². The number of hydrogen-bond donors (Lipinski definition) is 2. The molecule has 4 rings (SSSR count). The number of carbonyl (C=O) groups excluding carboxylic acids is 3. The first-order valence-electron chi connectivity index (χ1n) is 10.3. The van der Waals surface area contributed by atoms with Crippen LogP contribution in [0.4, 0.5) is 15.8 Å². The Morgan fingerprint density at radius 1 is 1.00 bits per heavy atom. The Bertz CT molecular complexity index is 1130. The van der Waals surface area contributed by atoms with E-state index in [0.29, 0.717) is 11.3 Å². The molecule has 0 bridgehead atoms. The standard InChI is InChI=1S/C23H20Cl2FN3O3/c24-17-12-16(9-10-18(17)26)29-22(31)19(25)20(23(29)32)27-15-8-4-5-13(11-15)21(30)28-14-6-2-1-3-7-14/h4-5,8-12,14,27H,1-3,6-7H2,(H,28,30). The molecule has 1 aliphatic heterocycles. The number of benzene rings is 2. The van der Waals surface area contributed by atoms with Gasteiger partial charge in [0.2, 0.25) is 0 Å². The van der Waals surface area contributed by atoms with E-state index in [1.165, 1.54) is 18.6 Å². The summed E-state index contributed by atoms with van der Waals surface area (Å²) in [6.07, 6.45) is 5.32. The van der Waals surface area contributed by atoms with Crippen molar-refractivity contribution in [1.82, 2.24) is 5.32 Å². The molecule has 9 heteroatoms. The van der Waals surface area contributed by atoms with Gasteiger partial charge in [-0.05, 0) is 49.2 Å². The van der Waals surface area contributed by atoms with Crippen molar-refractivity contribution in [3.05, 3.63) is 69.6 Å². The molecule has 2 aliphatic rings. The van der Waals surface area contributed by atoms with Gasteiger partial charge in [-0.25, -0.2) is 9.29 Å². The van der Waals surface area contributed by atoms with Crippen LogP contribution in [0, 0.1) is 5.82 Å². The molecule has 0 saturated heterocycles. The molecule has 0 radical (unpaired) electrons. The largest absolute Gasteiger partial charge is 0.350 e. The van der Waals surface area contributed by atoms with Crippen LogP contribution in [0.1, 0.15) is 42.5 Å². The fourth-order valence-electron chi connectivity index (χ4n) is 3.87. The zero-order valence-electron chi connectivity index (χ0n) is 17.0. The van der Waals surface area contributed by atoms with Gasteiger partial charge in [-0.3, -0.25) is 14.4 Å². The molecule has 1 heterocycles. The van der Waals surface area contributed by atoms with Gasteiger partial charge in [0.25, 0.3) is 17.7 Å². The van der Waals surface area contributed by atoms with Crippen LogP contribution >= 0.6 is 23.2 Å². The lowest BCUT2D eigenvalue weighted by Gasteiger charge is -2.22. The molecule has 3 amide bonds. The summed E-state index contributed by atoms with van der Waals surface area (Å²) >= 11 is 11.9. The summed E-state index contributed by atoms with van der Waals surface area (Å²) < 4.78 is 13.5. The number of amides is 3. The van der Waals surface area contributed by atoms with E-state index in [2.05, 4.69) is 10.6 Å². The summed E-state index contributed by atoms with van der Waals surface area (Å²) in [7, 11) is 0. The first kappa shape index (κ1) is 22.3. The predicted molar refractivity (Wildman–Crippen MR) is 121 cm³/mol. The molecule has 2 aromatic rings. The van der Waals surface area contributed by atoms with E-state index in [9.17, 15) is 18.8 Å². The highest BCUT2D eigenvalue weighted by Crippen LogP contribution is 2.32. The molecule has 1 fully saturated rings. The van der Waals surface area contributed by atoms with Crippen LogP contribution in [0.25, 0.3) is 0 Å². The predicted octanol–water partition coefficient (Wildman–Crippen LogP) is 4.98. The van der Waals surface area contributed by atoms with E-state index in [-0.39, 0.29) is 33.4 Å². The molecule has 0 aromatic heterocycles. The second kappa shape index (κ2) is 9.30. The van der Waals surface area contributed by atoms with Crippen molar-refractivity contribution in [1.29, 1.82) is 0 Å². The van der Waals surface area contributed by atoms with Crippen LogP contribution < -0.4 is 15.5 Å². The molecule has 0 unspecified atom stereocenters. The van der Waals surface area contributed by atoms with Crippen LogP contribution in [0.5, 0.6) is 0 Å². The van der Waals surface area contributed by atoms with E-state index in [1.54, 1.807) is 24.3 Å². The maximum absolute atomic E-state index is 13.5. The van der Waals surface area contributed by atoms with Crippen molar-refractivity contribution < 1.29 is 18.8 Å². The Morgan fingerprint density at radius 3 is 2.47 bits per heavy atom. The summed E-state index contributed by atoms with van der Waals surface area (Å²) in [5, 5.41) is 5.35. The average Bonchev–Trinajstić information content (AvgIpc) is 3.00. The third-order valence-electron chi connectivity index (χ3n) is 5.52. The molecule has 0 atom stereocenters. The summed E-state index contributed by atoms with van der Waals surface area (Å²) in [4.78, 5) is 38.9. The van der Waals surface area contributed by atoms with E-state index in [1.807, 2.05) is 0 Å². The lowest BCUT2D eigenvalue weighted by molar-refractivity contribution is -0.120. The van der Waals surface area contributed by atoms with Crippen molar-refractivity contribution in [2.45, 2.75) is 38.1 Å².